The molecule has 1 N–H and O–H groups in total. The third-order valence-corrected chi connectivity index (χ3v) is 3.81. The minimum atomic E-state index is 0.559. The van der Waals surface area contributed by atoms with Gasteiger partial charge in [0.1, 0.15) is 5.76 Å². The lowest BCUT2D eigenvalue weighted by Gasteiger charge is -2.18. The van der Waals surface area contributed by atoms with E-state index < -0.39 is 0 Å². The van der Waals surface area contributed by atoms with Gasteiger partial charge in [0, 0.05) is 31.1 Å². The zero-order valence-electron chi connectivity index (χ0n) is 11.1. The van der Waals surface area contributed by atoms with Crippen LogP contribution in [-0.4, -0.2) is 36.6 Å². The maximum atomic E-state index is 5.35. The molecule has 0 bridgehead atoms. The molecule has 1 saturated heterocycles. The maximum absolute atomic E-state index is 5.35. The van der Waals surface area contributed by atoms with E-state index in [0.717, 1.165) is 18.6 Å². The van der Waals surface area contributed by atoms with E-state index in [1.54, 1.807) is 6.26 Å². The standard InChI is InChI=1S/C14H24N2O/c1-11(6-7-14-5-4-8-17-14)15-13-9-12(2)16(3)10-13/h4-5,8,11-13,15H,6-7,9-10H2,1-3H3. The first-order valence-electron chi connectivity index (χ1n) is 6.64. The van der Waals surface area contributed by atoms with E-state index in [9.17, 15) is 0 Å². The van der Waals surface area contributed by atoms with Gasteiger partial charge in [0.2, 0.25) is 0 Å². The molecule has 1 aromatic rings. The fourth-order valence-corrected chi connectivity index (χ4v) is 2.61. The predicted molar refractivity (Wildman–Crippen MR) is 70.1 cm³/mol. The molecule has 3 nitrogen and oxygen atoms in total. The van der Waals surface area contributed by atoms with Gasteiger partial charge < -0.3 is 14.6 Å². The van der Waals surface area contributed by atoms with Crippen LogP contribution < -0.4 is 5.32 Å². The van der Waals surface area contributed by atoms with Crippen LogP contribution >= 0.6 is 0 Å². The zero-order valence-corrected chi connectivity index (χ0v) is 11.1. The van der Waals surface area contributed by atoms with Crippen molar-refractivity contribution in [2.45, 2.75) is 51.2 Å². The Kier molecular flexibility index (Phi) is 4.24. The summed E-state index contributed by atoms with van der Waals surface area (Å²) in [5.74, 6) is 1.09. The molecular weight excluding hydrogens is 212 g/mol. The van der Waals surface area contributed by atoms with Gasteiger partial charge in [-0.1, -0.05) is 0 Å². The van der Waals surface area contributed by atoms with Crippen LogP contribution in [0.25, 0.3) is 0 Å². The SMILES string of the molecule is CC(CCc1ccco1)NC1CC(C)N(C)C1. The largest absolute Gasteiger partial charge is 0.469 e. The molecule has 0 aromatic carbocycles. The molecule has 0 saturated carbocycles. The Morgan fingerprint density at radius 2 is 2.41 bits per heavy atom. The summed E-state index contributed by atoms with van der Waals surface area (Å²) in [6.07, 6.45) is 5.18. The van der Waals surface area contributed by atoms with Crippen molar-refractivity contribution in [1.29, 1.82) is 0 Å². The number of hydrogen-bond donors (Lipinski definition) is 1. The molecule has 3 unspecified atom stereocenters. The average molecular weight is 236 g/mol. The van der Waals surface area contributed by atoms with E-state index in [2.05, 4.69) is 37.2 Å². The first-order chi connectivity index (χ1) is 8.15. The van der Waals surface area contributed by atoms with Gasteiger partial charge in [-0.3, -0.25) is 0 Å². The summed E-state index contributed by atoms with van der Waals surface area (Å²) in [4.78, 5) is 2.43. The van der Waals surface area contributed by atoms with Gasteiger partial charge in [-0.05, 0) is 45.9 Å². The van der Waals surface area contributed by atoms with Gasteiger partial charge in [-0.25, -0.2) is 0 Å². The monoisotopic (exact) mass is 236 g/mol. The van der Waals surface area contributed by atoms with E-state index in [4.69, 9.17) is 4.42 Å². The molecule has 96 valence electrons. The molecule has 2 rings (SSSR count). The number of likely N-dealkylation sites (tertiary alicyclic amines) is 1. The Hall–Kier alpha value is -0.800. The molecule has 0 spiro atoms. The molecule has 0 amide bonds. The van der Waals surface area contributed by atoms with Crippen molar-refractivity contribution in [2.75, 3.05) is 13.6 Å². The normalized spacial score (nSPS) is 27.5. The fraction of sp³-hybridized carbons (Fsp3) is 0.714. The lowest BCUT2D eigenvalue weighted by Crippen LogP contribution is -2.38. The minimum absolute atomic E-state index is 0.559. The molecule has 1 aliphatic heterocycles. The Bertz CT molecular complexity index is 313. The second kappa shape index (κ2) is 5.69. The number of nitrogens with zero attached hydrogens (tertiary/aromatic N) is 1. The lowest BCUT2D eigenvalue weighted by atomic mass is 10.1. The summed E-state index contributed by atoms with van der Waals surface area (Å²) < 4.78 is 5.35. The van der Waals surface area contributed by atoms with Crippen LogP contribution in [0.4, 0.5) is 0 Å². The molecule has 1 fully saturated rings. The van der Waals surface area contributed by atoms with Crippen molar-refractivity contribution in [3.8, 4) is 0 Å². The Morgan fingerprint density at radius 1 is 1.59 bits per heavy atom. The van der Waals surface area contributed by atoms with E-state index in [-0.39, 0.29) is 0 Å². The van der Waals surface area contributed by atoms with E-state index in [0.29, 0.717) is 18.1 Å². The third kappa shape index (κ3) is 3.58. The first kappa shape index (κ1) is 12.7. The van der Waals surface area contributed by atoms with Crippen molar-refractivity contribution in [3.63, 3.8) is 0 Å². The predicted octanol–water partition coefficient (Wildman–Crippen LogP) is 2.28. The topological polar surface area (TPSA) is 28.4 Å². The zero-order chi connectivity index (χ0) is 12.3. The van der Waals surface area contributed by atoms with Gasteiger partial charge in [0.15, 0.2) is 0 Å². The highest BCUT2D eigenvalue weighted by Gasteiger charge is 2.26. The van der Waals surface area contributed by atoms with Crippen LogP contribution in [0.1, 0.15) is 32.4 Å². The number of rotatable bonds is 5. The van der Waals surface area contributed by atoms with Crippen molar-refractivity contribution in [3.05, 3.63) is 24.2 Å². The Labute approximate surface area is 104 Å². The number of furan rings is 1. The third-order valence-electron chi connectivity index (χ3n) is 3.81. The van der Waals surface area contributed by atoms with Crippen LogP contribution in [0.15, 0.2) is 22.8 Å². The fourth-order valence-electron chi connectivity index (χ4n) is 2.61. The summed E-state index contributed by atoms with van der Waals surface area (Å²) in [5, 5.41) is 3.72. The Morgan fingerprint density at radius 3 is 3.00 bits per heavy atom. The second-order valence-corrected chi connectivity index (χ2v) is 5.41. The summed E-state index contributed by atoms with van der Waals surface area (Å²) in [6.45, 7) is 5.74. The quantitative estimate of drug-likeness (QED) is 0.850. The maximum Gasteiger partial charge on any atom is 0.103 e. The van der Waals surface area contributed by atoms with E-state index in [1.165, 1.54) is 13.0 Å². The molecule has 0 aliphatic carbocycles. The van der Waals surface area contributed by atoms with Crippen molar-refractivity contribution < 1.29 is 4.42 Å². The molecule has 2 heterocycles. The van der Waals surface area contributed by atoms with Crippen molar-refractivity contribution in [1.82, 2.24) is 10.2 Å². The Balaban J connectivity index is 1.69. The van der Waals surface area contributed by atoms with Crippen molar-refractivity contribution in [2.24, 2.45) is 0 Å². The number of hydrogen-bond acceptors (Lipinski definition) is 3. The smallest absolute Gasteiger partial charge is 0.103 e. The van der Waals surface area contributed by atoms with E-state index >= 15 is 0 Å². The van der Waals surface area contributed by atoms with Crippen LogP contribution in [0.2, 0.25) is 0 Å². The van der Waals surface area contributed by atoms with Crippen LogP contribution in [0.5, 0.6) is 0 Å². The summed E-state index contributed by atoms with van der Waals surface area (Å²) in [5.41, 5.74) is 0. The van der Waals surface area contributed by atoms with Crippen molar-refractivity contribution >= 4 is 0 Å². The second-order valence-electron chi connectivity index (χ2n) is 5.41. The van der Waals surface area contributed by atoms with Gasteiger partial charge in [-0.15, -0.1) is 0 Å². The molecule has 1 aromatic heterocycles. The summed E-state index contributed by atoms with van der Waals surface area (Å²) >= 11 is 0. The van der Waals surface area contributed by atoms with Gasteiger partial charge >= 0.3 is 0 Å². The highest BCUT2D eigenvalue weighted by atomic mass is 16.3. The lowest BCUT2D eigenvalue weighted by molar-refractivity contribution is 0.324. The summed E-state index contributed by atoms with van der Waals surface area (Å²) in [6, 6.07) is 5.94. The first-order valence-corrected chi connectivity index (χ1v) is 6.64. The highest BCUT2D eigenvalue weighted by Crippen LogP contribution is 2.16. The molecule has 3 heteroatoms. The van der Waals surface area contributed by atoms with Crippen LogP contribution in [-0.2, 0) is 6.42 Å². The van der Waals surface area contributed by atoms with Gasteiger partial charge in [0.25, 0.3) is 0 Å². The highest BCUT2D eigenvalue weighted by molar-refractivity contribution is 4.98. The van der Waals surface area contributed by atoms with Gasteiger partial charge in [0.05, 0.1) is 6.26 Å². The van der Waals surface area contributed by atoms with Crippen LogP contribution in [0, 0.1) is 0 Å². The number of likely N-dealkylation sites (N-methyl/N-ethyl adjacent to an activating group) is 1. The molecular formula is C14H24N2O. The number of aryl methyl sites for hydroxylation is 1. The minimum Gasteiger partial charge on any atom is -0.469 e. The molecule has 17 heavy (non-hydrogen) atoms. The molecule has 3 atom stereocenters. The van der Waals surface area contributed by atoms with E-state index in [1.807, 2.05) is 6.07 Å². The van der Waals surface area contributed by atoms with Gasteiger partial charge in [-0.2, -0.15) is 0 Å². The average Bonchev–Trinajstić information content (AvgIpc) is 2.87. The molecule has 1 aliphatic rings. The van der Waals surface area contributed by atoms with Crippen LogP contribution in [0.3, 0.4) is 0 Å². The summed E-state index contributed by atoms with van der Waals surface area (Å²) in [7, 11) is 2.21. The number of nitrogens with one attached hydrogen (secondary N) is 1. The molecule has 0 radical (unpaired) electrons.